The molecule has 0 N–H and O–H groups in total. The zero-order valence-electron chi connectivity index (χ0n) is 22.2. The maximum absolute atomic E-state index is 6.34. The summed E-state index contributed by atoms with van der Waals surface area (Å²) in [7, 11) is 0. The summed E-state index contributed by atoms with van der Waals surface area (Å²) in [6.45, 7) is 21.9. The normalized spacial score (nSPS) is 51.9. The maximum Gasteiger partial charge on any atom is 0.104 e. The van der Waals surface area contributed by atoms with Gasteiger partial charge in [-0.1, -0.05) is 59.8 Å². The van der Waals surface area contributed by atoms with Crippen molar-refractivity contribution in [2.24, 2.45) is 51.2 Å². The highest BCUT2D eigenvalue weighted by Gasteiger charge is 2.68. The second-order valence-electron chi connectivity index (χ2n) is 14.2. The second kappa shape index (κ2) is 7.39. The highest BCUT2D eigenvalue weighted by Crippen LogP contribution is 2.75. The van der Waals surface area contributed by atoms with Crippen LogP contribution >= 0.6 is 0 Å². The molecule has 4 saturated carbocycles. The van der Waals surface area contributed by atoms with Crippen molar-refractivity contribution in [3.63, 3.8) is 0 Å². The smallest absolute Gasteiger partial charge is 0.104 e. The van der Waals surface area contributed by atoms with Gasteiger partial charge in [-0.3, -0.25) is 0 Å². The Morgan fingerprint density at radius 3 is 2.38 bits per heavy atom. The molecule has 32 heavy (non-hydrogen) atoms. The summed E-state index contributed by atoms with van der Waals surface area (Å²) in [4.78, 5) is 0. The van der Waals surface area contributed by atoms with Crippen LogP contribution in [0.5, 0.6) is 0 Å². The minimum Gasteiger partial charge on any atom is -0.495 e. The Morgan fingerprint density at radius 2 is 1.66 bits per heavy atom. The van der Waals surface area contributed by atoms with Crippen LogP contribution in [0.1, 0.15) is 113 Å². The van der Waals surface area contributed by atoms with Crippen molar-refractivity contribution in [1.29, 1.82) is 0 Å². The molecule has 0 saturated heterocycles. The molecule has 1 heteroatoms. The summed E-state index contributed by atoms with van der Waals surface area (Å²) in [5.74, 6) is 5.20. The van der Waals surface area contributed by atoms with Gasteiger partial charge in [-0.05, 0) is 117 Å². The molecule has 0 aliphatic heterocycles. The van der Waals surface area contributed by atoms with E-state index >= 15 is 0 Å². The molecule has 1 nitrogen and oxygen atoms in total. The molecular weight excluding hydrogens is 388 g/mol. The topological polar surface area (TPSA) is 9.23 Å². The van der Waals surface area contributed by atoms with Crippen molar-refractivity contribution in [2.45, 2.75) is 119 Å². The molecule has 5 rings (SSSR count). The monoisotopic (exact) mass is 438 g/mol. The standard InChI is InChI=1S/C31H50O/c1-20(2)32-26-16-17-29(6)24(28(26,4)5)15-19-31(8)25(29)13-12-23-27-21(3)10-9-11-22(27)14-18-30(23,31)7/h11,21,23-27H,1,9-10,12-19H2,2-8H3/t21-,23?,24?,25?,26+,27?,29+,30-,31-/m1/s1. The van der Waals surface area contributed by atoms with Crippen molar-refractivity contribution in [3.05, 3.63) is 24.0 Å². The summed E-state index contributed by atoms with van der Waals surface area (Å²) in [6.07, 6.45) is 16.8. The number of allylic oxidation sites excluding steroid dienone is 3. The molecule has 0 heterocycles. The van der Waals surface area contributed by atoms with E-state index in [4.69, 9.17) is 4.74 Å². The van der Waals surface area contributed by atoms with Crippen LogP contribution in [0, 0.1) is 51.2 Å². The third-order valence-corrected chi connectivity index (χ3v) is 12.7. The van der Waals surface area contributed by atoms with Gasteiger partial charge in [0, 0.05) is 5.41 Å². The molecule has 0 aromatic rings. The van der Waals surface area contributed by atoms with Crippen LogP contribution in [0.25, 0.3) is 0 Å². The summed E-state index contributed by atoms with van der Waals surface area (Å²) < 4.78 is 6.34. The van der Waals surface area contributed by atoms with Crippen molar-refractivity contribution >= 4 is 0 Å². The van der Waals surface area contributed by atoms with Gasteiger partial charge in [-0.15, -0.1) is 0 Å². The molecule has 5 aliphatic carbocycles. The molecule has 5 aliphatic rings. The van der Waals surface area contributed by atoms with Crippen LogP contribution in [-0.2, 0) is 4.74 Å². The third-order valence-electron chi connectivity index (χ3n) is 12.7. The molecule has 9 atom stereocenters. The van der Waals surface area contributed by atoms with Gasteiger partial charge in [0.1, 0.15) is 6.10 Å². The molecule has 0 radical (unpaired) electrons. The average Bonchev–Trinajstić information content (AvgIpc) is 2.70. The van der Waals surface area contributed by atoms with E-state index in [0.29, 0.717) is 22.3 Å². The van der Waals surface area contributed by atoms with Gasteiger partial charge in [0.2, 0.25) is 0 Å². The SMILES string of the molecule is C=C(C)O[C@H]1CC[C@@]2(C)C(CC[C@]3(C)C2CCC2C4C(=CCC[C@H]4C)CC[C@]23C)C1(C)C. The van der Waals surface area contributed by atoms with Crippen molar-refractivity contribution in [3.8, 4) is 0 Å². The van der Waals surface area contributed by atoms with E-state index in [0.717, 1.165) is 35.3 Å². The highest BCUT2D eigenvalue weighted by atomic mass is 16.5. The lowest BCUT2D eigenvalue weighted by atomic mass is 9.33. The molecule has 4 unspecified atom stereocenters. The zero-order chi connectivity index (χ0) is 23.1. The molecule has 0 amide bonds. The summed E-state index contributed by atoms with van der Waals surface area (Å²) in [5, 5.41) is 0. The Kier molecular flexibility index (Phi) is 5.32. The molecule has 0 aromatic heterocycles. The molecule has 0 aromatic carbocycles. The van der Waals surface area contributed by atoms with Gasteiger partial charge in [-0.25, -0.2) is 0 Å². The average molecular weight is 439 g/mol. The van der Waals surface area contributed by atoms with Gasteiger partial charge < -0.3 is 4.74 Å². The number of hydrogen-bond acceptors (Lipinski definition) is 1. The van der Waals surface area contributed by atoms with Crippen molar-refractivity contribution < 1.29 is 4.74 Å². The molecular formula is C31H50O. The fourth-order valence-corrected chi connectivity index (χ4v) is 11.0. The van der Waals surface area contributed by atoms with Crippen LogP contribution in [0.4, 0.5) is 0 Å². The Labute approximate surface area is 198 Å². The van der Waals surface area contributed by atoms with Gasteiger partial charge >= 0.3 is 0 Å². The largest absolute Gasteiger partial charge is 0.495 e. The van der Waals surface area contributed by atoms with Crippen LogP contribution in [0.15, 0.2) is 24.0 Å². The van der Waals surface area contributed by atoms with Crippen LogP contribution in [0.2, 0.25) is 0 Å². The zero-order valence-corrected chi connectivity index (χ0v) is 22.2. The van der Waals surface area contributed by atoms with E-state index in [1.807, 2.05) is 12.5 Å². The minimum atomic E-state index is 0.228. The fraction of sp³-hybridized carbons (Fsp3) is 0.871. The summed E-state index contributed by atoms with van der Waals surface area (Å²) in [6, 6.07) is 0. The third kappa shape index (κ3) is 2.94. The number of fused-ring (bicyclic) bond motifs is 7. The summed E-state index contributed by atoms with van der Waals surface area (Å²) >= 11 is 0. The van der Waals surface area contributed by atoms with Gasteiger partial charge in [0.25, 0.3) is 0 Å². The lowest BCUT2D eigenvalue weighted by Crippen LogP contribution is -2.65. The first-order valence-electron chi connectivity index (χ1n) is 14.0. The van der Waals surface area contributed by atoms with E-state index in [-0.39, 0.29) is 5.41 Å². The highest BCUT2D eigenvalue weighted by molar-refractivity contribution is 5.24. The first kappa shape index (κ1) is 23.0. The quantitative estimate of drug-likeness (QED) is 0.309. The first-order chi connectivity index (χ1) is 14.9. The Balaban J connectivity index is 1.49. The predicted octanol–water partition coefficient (Wildman–Crippen LogP) is 8.95. The number of ether oxygens (including phenoxy) is 1. The second-order valence-corrected chi connectivity index (χ2v) is 14.2. The molecule has 0 spiro atoms. The fourth-order valence-electron chi connectivity index (χ4n) is 11.0. The maximum atomic E-state index is 6.34. The predicted molar refractivity (Wildman–Crippen MR) is 135 cm³/mol. The number of hydrogen-bond donors (Lipinski definition) is 0. The van der Waals surface area contributed by atoms with E-state index in [9.17, 15) is 0 Å². The van der Waals surface area contributed by atoms with E-state index in [1.54, 1.807) is 0 Å². The van der Waals surface area contributed by atoms with Crippen LogP contribution in [-0.4, -0.2) is 6.10 Å². The Hall–Kier alpha value is -0.720. The molecule has 4 fully saturated rings. The van der Waals surface area contributed by atoms with Gasteiger partial charge in [0.05, 0.1) is 5.76 Å². The van der Waals surface area contributed by atoms with Gasteiger partial charge in [0.15, 0.2) is 0 Å². The lowest BCUT2D eigenvalue weighted by molar-refractivity contribution is -0.236. The van der Waals surface area contributed by atoms with Crippen molar-refractivity contribution in [2.75, 3.05) is 0 Å². The summed E-state index contributed by atoms with van der Waals surface area (Å²) in [5.41, 5.74) is 3.53. The van der Waals surface area contributed by atoms with Crippen LogP contribution in [0.3, 0.4) is 0 Å². The number of rotatable bonds is 2. The van der Waals surface area contributed by atoms with Gasteiger partial charge in [-0.2, -0.15) is 0 Å². The minimum absolute atomic E-state index is 0.228. The Morgan fingerprint density at radius 1 is 0.906 bits per heavy atom. The van der Waals surface area contributed by atoms with E-state index < -0.39 is 0 Å². The van der Waals surface area contributed by atoms with Crippen molar-refractivity contribution in [1.82, 2.24) is 0 Å². The van der Waals surface area contributed by atoms with E-state index in [1.165, 1.54) is 64.2 Å². The van der Waals surface area contributed by atoms with E-state index in [2.05, 4.69) is 54.2 Å². The molecule has 180 valence electrons. The molecule has 0 bridgehead atoms. The van der Waals surface area contributed by atoms with Crippen LogP contribution < -0.4 is 0 Å². The lowest BCUT2D eigenvalue weighted by Gasteiger charge is -2.72. The Bertz CT molecular complexity index is 805. The first-order valence-corrected chi connectivity index (χ1v) is 14.0.